The second-order valence-corrected chi connectivity index (χ2v) is 6.61. The molecule has 1 aliphatic rings. The highest BCUT2D eigenvalue weighted by Crippen LogP contribution is 2.15. The zero-order valence-corrected chi connectivity index (χ0v) is 15.2. The third kappa shape index (κ3) is 6.13. The number of aromatic nitrogens is 2. The lowest BCUT2D eigenvalue weighted by Gasteiger charge is -2.20. The van der Waals surface area contributed by atoms with Crippen LogP contribution in [0.1, 0.15) is 32.6 Å². The topological polar surface area (TPSA) is 62.6 Å². The number of carbonyl (C=O) groups is 1. The SMILES string of the molecule is CCCOC1CCCN(C(=O)Nc2ccn(CCN(C)C)n2)CC1. The number of amides is 2. The molecule has 24 heavy (non-hydrogen) atoms. The van der Waals surface area contributed by atoms with Crippen LogP contribution in [0, 0.1) is 0 Å². The van der Waals surface area contributed by atoms with Gasteiger partial charge in [0.05, 0.1) is 12.6 Å². The van der Waals surface area contributed by atoms with Gasteiger partial charge in [0.15, 0.2) is 5.82 Å². The zero-order chi connectivity index (χ0) is 17.4. The van der Waals surface area contributed by atoms with Gasteiger partial charge < -0.3 is 14.5 Å². The maximum absolute atomic E-state index is 12.4. The Morgan fingerprint density at radius 1 is 1.42 bits per heavy atom. The van der Waals surface area contributed by atoms with Gasteiger partial charge in [-0.2, -0.15) is 5.10 Å². The van der Waals surface area contributed by atoms with Gasteiger partial charge in [-0.3, -0.25) is 10.00 Å². The van der Waals surface area contributed by atoms with Gasteiger partial charge in [0.25, 0.3) is 0 Å². The summed E-state index contributed by atoms with van der Waals surface area (Å²) in [5.41, 5.74) is 0. The first-order chi connectivity index (χ1) is 11.6. The van der Waals surface area contributed by atoms with Crippen LogP contribution in [0.2, 0.25) is 0 Å². The number of carbonyl (C=O) groups excluding carboxylic acids is 1. The van der Waals surface area contributed by atoms with Crippen molar-refractivity contribution in [3.63, 3.8) is 0 Å². The number of ether oxygens (including phenoxy) is 1. The molecule has 136 valence electrons. The third-order valence-electron chi connectivity index (χ3n) is 4.17. The standard InChI is InChI=1S/C17H31N5O2/c1-4-14-24-15-6-5-9-21(10-7-15)17(23)18-16-8-11-22(19-16)13-12-20(2)3/h8,11,15H,4-7,9-10,12-14H2,1-3H3,(H,18,19,23). The van der Waals surface area contributed by atoms with Gasteiger partial charge in [-0.25, -0.2) is 4.79 Å². The molecule has 1 aromatic rings. The van der Waals surface area contributed by atoms with Gasteiger partial charge in [-0.1, -0.05) is 6.92 Å². The number of likely N-dealkylation sites (tertiary alicyclic amines) is 1. The quantitative estimate of drug-likeness (QED) is 0.829. The lowest BCUT2D eigenvalue weighted by Crippen LogP contribution is -2.36. The number of hydrogen-bond donors (Lipinski definition) is 1. The summed E-state index contributed by atoms with van der Waals surface area (Å²) in [6, 6.07) is 1.78. The summed E-state index contributed by atoms with van der Waals surface area (Å²) in [5, 5.41) is 7.31. The van der Waals surface area contributed by atoms with Crippen LogP contribution < -0.4 is 5.32 Å². The normalized spacial score (nSPS) is 18.7. The molecule has 7 nitrogen and oxygen atoms in total. The van der Waals surface area contributed by atoms with E-state index in [1.807, 2.05) is 35.9 Å². The number of anilines is 1. The minimum Gasteiger partial charge on any atom is -0.378 e. The van der Waals surface area contributed by atoms with E-state index in [1.165, 1.54) is 0 Å². The van der Waals surface area contributed by atoms with Gasteiger partial charge >= 0.3 is 6.03 Å². The molecular weight excluding hydrogens is 306 g/mol. The van der Waals surface area contributed by atoms with Crippen LogP contribution in [-0.2, 0) is 11.3 Å². The summed E-state index contributed by atoms with van der Waals surface area (Å²) >= 11 is 0. The van der Waals surface area contributed by atoms with Crippen molar-refractivity contribution in [1.82, 2.24) is 19.6 Å². The molecule has 0 bridgehead atoms. The molecule has 1 aromatic heterocycles. The maximum Gasteiger partial charge on any atom is 0.323 e. The van der Waals surface area contributed by atoms with Crippen LogP contribution in [0.5, 0.6) is 0 Å². The average Bonchev–Trinajstić information content (AvgIpc) is 2.86. The lowest BCUT2D eigenvalue weighted by atomic mass is 10.2. The van der Waals surface area contributed by atoms with E-state index in [-0.39, 0.29) is 12.1 Å². The monoisotopic (exact) mass is 337 g/mol. The lowest BCUT2D eigenvalue weighted by molar-refractivity contribution is 0.0446. The smallest absolute Gasteiger partial charge is 0.323 e. The molecule has 2 amide bonds. The largest absolute Gasteiger partial charge is 0.378 e. The van der Waals surface area contributed by atoms with Crippen LogP contribution in [0.3, 0.4) is 0 Å². The Morgan fingerprint density at radius 3 is 3.00 bits per heavy atom. The minimum atomic E-state index is -0.0657. The van der Waals surface area contributed by atoms with Crippen molar-refractivity contribution in [3.8, 4) is 0 Å². The molecule has 7 heteroatoms. The Hall–Kier alpha value is -1.60. The molecule has 2 heterocycles. The Kier molecular flexibility index (Phi) is 7.52. The molecular formula is C17H31N5O2. The molecule has 1 atom stereocenters. The predicted octanol–water partition coefficient (Wildman–Crippen LogP) is 2.26. The minimum absolute atomic E-state index is 0.0657. The van der Waals surface area contributed by atoms with Gasteiger partial charge in [-0.05, 0) is 39.8 Å². The molecule has 0 aliphatic carbocycles. The molecule has 1 fully saturated rings. The molecule has 1 aliphatic heterocycles. The number of nitrogens with zero attached hydrogens (tertiary/aromatic N) is 4. The van der Waals surface area contributed by atoms with Crippen LogP contribution in [0.15, 0.2) is 12.3 Å². The molecule has 0 saturated carbocycles. The van der Waals surface area contributed by atoms with E-state index < -0.39 is 0 Å². The van der Waals surface area contributed by atoms with Crippen molar-refractivity contribution in [2.75, 3.05) is 45.7 Å². The highest BCUT2D eigenvalue weighted by molar-refractivity contribution is 5.88. The van der Waals surface area contributed by atoms with Crippen LogP contribution in [0.25, 0.3) is 0 Å². The number of nitrogens with one attached hydrogen (secondary N) is 1. The highest BCUT2D eigenvalue weighted by Gasteiger charge is 2.21. The summed E-state index contributed by atoms with van der Waals surface area (Å²) in [6.45, 7) is 6.17. The molecule has 1 N–H and O–H groups in total. The van der Waals surface area contributed by atoms with Crippen molar-refractivity contribution >= 4 is 11.8 Å². The molecule has 0 spiro atoms. The van der Waals surface area contributed by atoms with Crippen LogP contribution in [0.4, 0.5) is 10.6 Å². The summed E-state index contributed by atoms with van der Waals surface area (Å²) in [4.78, 5) is 16.4. The van der Waals surface area contributed by atoms with Gasteiger partial charge in [0.1, 0.15) is 0 Å². The van der Waals surface area contributed by atoms with E-state index in [0.717, 1.165) is 58.5 Å². The maximum atomic E-state index is 12.4. The van der Waals surface area contributed by atoms with E-state index in [0.29, 0.717) is 5.82 Å². The molecule has 1 saturated heterocycles. The molecule has 1 unspecified atom stereocenters. The van der Waals surface area contributed by atoms with Crippen molar-refractivity contribution in [3.05, 3.63) is 12.3 Å². The fourth-order valence-electron chi connectivity index (χ4n) is 2.76. The van der Waals surface area contributed by atoms with E-state index >= 15 is 0 Å². The van der Waals surface area contributed by atoms with Crippen molar-refractivity contribution in [2.45, 2.75) is 45.3 Å². The Morgan fingerprint density at radius 2 is 2.25 bits per heavy atom. The first kappa shape index (κ1) is 18.7. The number of rotatable bonds is 7. The molecule has 0 radical (unpaired) electrons. The second kappa shape index (κ2) is 9.64. The first-order valence-electron chi connectivity index (χ1n) is 8.94. The van der Waals surface area contributed by atoms with E-state index in [4.69, 9.17) is 4.74 Å². The van der Waals surface area contributed by atoms with Crippen molar-refractivity contribution in [1.29, 1.82) is 0 Å². The second-order valence-electron chi connectivity index (χ2n) is 6.61. The fourth-order valence-corrected chi connectivity index (χ4v) is 2.76. The first-order valence-corrected chi connectivity index (χ1v) is 8.94. The Labute approximate surface area is 144 Å². The molecule has 0 aromatic carbocycles. The summed E-state index contributed by atoms with van der Waals surface area (Å²) in [7, 11) is 4.06. The predicted molar refractivity (Wildman–Crippen MR) is 95.3 cm³/mol. The summed E-state index contributed by atoms with van der Waals surface area (Å²) in [6.07, 6.45) is 6.15. The number of likely N-dealkylation sites (N-methyl/N-ethyl adjacent to an activating group) is 1. The zero-order valence-electron chi connectivity index (χ0n) is 15.2. The Balaban J connectivity index is 1.79. The van der Waals surface area contributed by atoms with Crippen LogP contribution in [-0.4, -0.2) is 72.1 Å². The van der Waals surface area contributed by atoms with Gasteiger partial charge in [-0.15, -0.1) is 0 Å². The summed E-state index contributed by atoms with van der Waals surface area (Å²) in [5.74, 6) is 0.613. The van der Waals surface area contributed by atoms with E-state index in [9.17, 15) is 4.79 Å². The average molecular weight is 337 g/mol. The van der Waals surface area contributed by atoms with Gasteiger partial charge in [0, 0.05) is 38.5 Å². The van der Waals surface area contributed by atoms with E-state index in [1.54, 1.807) is 0 Å². The Bertz CT molecular complexity index is 503. The third-order valence-corrected chi connectivity index (χ3v) is 4.17. The van der Waals surface area contributed by atoms with Crippen molar-refractivity contribution < 1.29 is 9.53 Å². The molecule has 2 rings (SSSR count). The highest BCUT2D eigenvalue weighted by atomic mass is 16.5. The van der Waals surface area contributed by atoms with Crippen LogP contribution >= 0.6 is 0 Å². The summed E-state index contributed by atoms with van der Waals surface area (Å²) < 4.78 is 7.68. The number of urea groups is 1. The fraction of sp³-hybridized carbons (Fsp3) is 0.765. The van der Waals surface area contributed by atoms with Crippen molar-refractivity contribution in [2.24, 2.45) is 0 Å². The number of hydrogen-bond acceptors (Lipinski definition) is 4. The van der Waals surface area contributed by atoms with Gasteiger partial charge in [0.2, 0.25) is 0 Å². The van der Waals surface area contributed by atoms with E-state index in [2.05, 4.69) is 22.2 Å².